The van der Waals surface area contributed by atoms with Crippen molar-refractivity contribution in [2.24, 2.45) is 4.99 Å². The standard InChI is InChI=1S/C13H13ClF3N3S/c1-4-6-10(21-5-2)11(18-3)9-7-8(13(15,16)17)12(14)20-19-9/h4,6-7H,1,5H2,2-3H3/b10-6+,18-11-. The number of hydrogen-bond donors (Lipinski definition) is 0. The van der Waals surface area contributed by atoms with Gasteiger partial charge in [-0.05, 0) is 17.9 Å². The lowest BCUT2D eigenvalue weighted by Crippen LogP contribution is -2.13. The number of aliphatic imine (C=N–C) groups is 1. The van der Waals surface area contributed by atoms with Gasteiger partial charge in [-0.3, -0.25) is 4.99 Å². The van der Waals surface area contributed by atoms with E-state index >= 15 is 0 Å². The molecule has 3 nitrogen and oxygen atoms in total. The molecule has 0 bridgehead atoms. The van der Waals surface area contributed by atoms with Gasteiger partial charge < -0.3 is 0 Å². The highest BCUT2D eigenvalue weighted by molar-refractivity contribution is 8.04. The Morgan fingerprint density at radius 1 is 1.48 bits per heavy atom. The molecule has 0 fully saturated rings. The van der Waals surface area contributed by atoms with E-state index in [1.54, 1.807) is 6.08 Å². The number of aromatic nitrogens is 2. The van der Waals surface area contributed by atoms with Crippen LogP contribution in [-0.4, -0.2) is 28.7 Å². The van der Waals surface area contributed by atoms with Gasteiger partial charge in [-0.25, -0.2) is 0 Å². The zero-order valence-corrected chi connectivity index (χ0v) is 13.0. The lowest BCUT2D eigenvalue weighted by atomic mass is 10.2. The van der Waals surface area contributed by atoms with Gasteiger partial charge in [0.05, 0.1) is 11.3 Å². The fourth-order valence-corrected chi connectivity index (χ4v) is 2.54. The van der Waals surface area contributed by atoms with Gasteiger partial charge in [-0.1, -0.05) is 31.2 Å². The van der Waals surface area contributed by atoms with Crippen LogP contribution in [0.2, 0.25) is 5.15 Å². The van der Waals surface area contributed by atoms with Crippen molar-refractivity contribution in [3.63, 3.8) is 0 Å². The molecule has 1 heterocycles. The molecule has 0 N–H and O–H groups in total. The quantitative estimate of drug-likeness (QED) is 0.591. The monoisotopic (exact) mass is 335 g/mol. The smallest absolute Gasteiger partial charge is 0.285 e. The predicted molar refractivity (Wildman–Crippen MR) is 80.9 cm³/mol. The van der Waals surface area contributed by atoms with Crippen LogP contribution in [0.1, 0.15) is 18.2 Å². The number of hydrogen-bond acceptors (Lipinski definition) is 4. The van der Waals surface area contributed by atoms with Gasteiger partial charge >= 0.3 is 6.18 Å². The molecule has 114 valence electrons. The molecule has 0 aliphatic heterocycles. The molecule has 1 rings (SSSR count). The van der Waals surface area contributed by atoms with E-state index in [1.807, 2.05) is 6.92 Å². The minimum absolute atomic E-state index is 0.0169. The third kappa shape index (κ3) is 4.57. The van der Waals surface area contributed by atoms with Gasteiger partial charge in [0.25, 0.3) is 0 Å². The molecule has 0 aliphatic carbocycles. The van der Waals surface area contributed by atoms with Crippen molar-refractivity contribution in [3.05, 3.63) is 46.1 Å². The fraction of sp³-hybridized carbons (Fsp3) is 0.308. The average Bonchev–Trinajstić information content (AvgIpc) is 2.40. The third-order valence-electron chi connectivity index (χ3n) is 2.32. The van der Waals surface area contributed by atoms with Gasteiger partial charge in [0.2, 0.25) is 0 Å². The Bertz CT molecular complexity index is 583. The minimum Gasteiger partial charge on any atom is -0.285 e. The summed E-state index contributed by atoms with van der Waals surface area (Å²) in [6, 6.07) is 0.852. The second kappa shape index (κ2) is 7.61. The van der Waals surface area contributed by atoms with E-state index in [0.29, 0.717) is 10.6 Å². The van der Waals surface area contributed by atoms with Gasteiger partial charge in [-0.2, -0.15) is 13.2 Å². The molecule has 0 atom stereocenters. The molecule has 0 aromatic carbocycles. The molecule has 0 saturated carbocycles. The Labute approximate surface area is 130 Å². The summed E-state index contributed by atoms with van der Waals surface area (Å²) in [5.74, 6) is 0.728. The Balaban J connectivity index is 3.37. The maximum absolute atomic E-state index is 12.9. The van der Waals surface area contributed by atoms with Gasteiger partial charge in [0.1, 0.15) is 5.69 Å². The zero-order chi connectivity index (χ0) is 16.0. The number of allylic oxidation sites excluding steroid dienone is 3. The van der Waals surface area contributed by atoms with Crippen molar-refractivity contribution in [1.82, 2.24) is 10.2 Å². The second-order valence-electron chi connectivity index (χ2n) is 3.70. The van der Waals surface area contributed by atoms with E-state index < -0.39 is 16.9 Å². The SMILES string of the molecule is C=C/C=C(SCC)\C(=N/C)c1cc(C(F)(F)F)c(Cl)nn1. The lowest BCUT2D eigenvalue weighted by molar-refractivity contribution is -0.137. The molecular weight excluding hydrogens is 323 g/mol. The summed E-state index contributed by atoms with van der Waals surface area (Å²) in [4.78, 5) is 4.68. The summed E-state index contributed by atoms with van der Waals surface area (Å²) in [6.45, 7) is 5.50. The van der Waals surface area contributed by atoms with Crippen molar-refractivity contribution in [2.75, 3.05) is 12.8 Å². The van der Waals surface area contributed by atoms with Crippen LogP contribution in [0.4, 0.5) is 13.2 Å². The van der Waals surface area contributed by atoms with E-state index in [4.69, 9.17) is 11.6 Å². The van der Waals surface area contributed by atoms with Crippen molar-refractivity contribution < 1.29 is 13.2 Å². The summed E-state index contributed by atoms with van der Waals surface area (Å²) >= 11 is 6.88. The van der Waals surface area contributed by atoms with Gasteiger partial charge in [-0.15, -0.1) is 22.0 Å². The van der Waals surface area contributed by atoms with Crippen LogP contribution in [-0.2, 0) is 6.18 Å². The van der Waals surface area contributed by atoms with Crippen LogP contribution in [0.15, 0.2) is 34.7 Å². The largest absolute Gasteiger partial charge is 0.419 e. The first-order valence-corrected chi connectivity index (χ1v) is 7.25. The van der Waals surface area contributed by atoms with E-state index in [0.717, 1.165) is 11.8 Å². The molecular formula is C13H13ClF3N3S. The second-order valence-corrected chi connectivity index (χ2v) is 5.37. The lowest BCUT2D eigenvalue weighted by Gasteiger charge is -2.12. The summed E-state index contributed by atoms with van der Waals surface area (Å²) < 4.78 is 38.6. The molecule has 0 unspecified atom stereocenters. The van der Waals surface area contributed by atoms with Crippen molar-refractivity contribution in [1.29, 1.82) is 0 Å². The first-order chi connectivity index (χ1) is 9.85. The molecule has 0 radical (unpaired) electrons. The molecule has 0 saturated heterocycles. The average molecular weight is 336 g/mol. The first kappa shape index (κ1) is 17.7. The molecule has 0 spiro atoms. The summed E-state index contributed by atoms with van der Waals surface area (Å²) in [6.07, 6.45) is -1.39. The van der Waals surface area contributed by atoms with Crippen LogP contribution in [0.3, 0.4) is 0 Å². The topological polar surface area (TPSA) is 38.1 Å². The summed E-state index contributed by atoms with van der Waals surface area (Å²) in [7, 11) is 1.48. The van der Waals surface area contributed by atoms with Crippen molar-refractivity contribution in [2.45, 2.75) is 13.1 Å². The zero-order valence-electron chi connectivity index (χ0n) is 11.4. The van der Waals surface area contributed by atoms with Crippen molar-refractivity contribution in [3.8, 4) is 0 Å². The van der Waals surface area contributed by atoms with E-state index in [2.05, 4.69) is 21.8 Å². The van der Waals surface area contributed by atoms with Gasteiger partial charge in [0.15, 0.2) is 5.15 Å². The van der Waals surface area contributed by atoms with E-state index in [1.165, 1.54) is 24.9 Å². The van der Waals surface area contributed by atoms with Crippen LogP contribution in [0.5, 0.6) is 0 Å². The molecule has 21 heavy (non-hydrogen) atoms. The first-order valence-electron chi connectivity index (χ1n) is 5.88. The van der Waals surface area contributed by atoms with Crippen LogP contribution in [0, 0.1) is 0 Å². The molecule has 8 heteroatoms. The number of rotatable bonds is 5. The highest BCUT2D eigenvalue weighted by atomic mass is 35.5. The van der Waals surface area contributed by atoms with Crippen LogP contribution >= 0.6 is 23.4 Å². The van der Waals surface area contributed by atoms with Crippen LogP contribution in [0.25, 0.3) is 0 Å². The normalized spacial score (nSPS) is 13.4. The third-order valence-corrected chi connectivity index (χ3v) is 3.53. The van der Waals surface area contributed by atoms with Gasteiger partial charge in [0, 0.05) is 12.0 Å². The number of nitrogens with zero attached hydrogens (tertiary/aromatic N) is 3. The predicted octanol–water partition coefficient (Wildman–Crippen LogP) is 4.39. The number of alkyl halides is 3. The summed E-state index contributed by atoms with van der Waals surface area (Å²) in [5.41, 5.74) is -0.700. The minimum atomic E-state index is -4.60. The molecule has 0 aliphatic rings. The number of halogens is 4. The Morgan fingerprint density at radius 2 is 2.14 bits per heavy atom. The highest BCUT2D eigenvalue weighted by Crippen LogP contribution is 2.34. The van der Waals surface area contributed by atoms with Crippen LogP contribution < -0.4 is 0 Å². The van der Waals surface area contributed by atoms with E-state index in [9.17, 15) is 13.2 Å². The Morgan fingerprint density at radius 3 is 2.62 bits per heavy atom. The summed E-state index contributed by atoms with van der Waals surface area (Å²) in [5, 5.41) is 6.40. The number of thioether (sulfide) groups is 1. The molecule has 0 amide bonds. The maximum Gasteiger partial charge on any atom is 0.419 e. The molecule has 1 aromatic heterocycles. The van der Waals surface area contributed by atoms with Crippen molar-refractivity contribution >= 4 is 29.1 Å². The molecule has 1 aromatic rings. The fourth-order valence-electron chi connectivity index (χ4n) is 1.50. The van der Waals surface area contributed by atoms with E-state index in [-0.39, 0.29) is 5.69 Å². The Kier molecular flexibility index (Phi) is 6.42. The maximum atomic E-state index is 12.9. The Hall–Kier alpha value is -1.34. The highest BCUT2D eigenvalue weighted by Gasteiger charge is 2.35.